The SMILES string of the molecule is C=c1ccc(C(F)(F)C=O)c(F)/c1=C/NC. The van der Waals surface area contributed by atoms with Gasteiger partial charge in [-0.1, -0.05) is 12.6 Å². The van der Waals surface area contributed by atoms with Crippen molar-refractivity contribution < 1.29 is 18.0 Å². The van der Waals surface area contributed by atoms with Gasteiger partial charge in [0.1, 0.15) is 5.82 Å². The topological polar surface area (TPSA) is 29.1 Å². The van der Waals surface area contributed by atoms with E-state index in [0.29, 0.717) is 0 Å². The number of carbonyl (C=O) groups excluding carboxylic acids is 1. The zero-order valence-corrected chi connectivity index (χ0v) is 8.56. The van der Waals surface area contributed by atoms with E-state index in [1.165, 1.54) is 19.3 Å². The summed E-state index contributed by atoms with van der Waals surface area (Å²) >= 11 is 0. The van der Waals surface area contributed by atoms with E-state index >= 15 is 0 Å². The molecular formula is C11H10F3NO. The molecule has 86 valence electrons. The van der Waals surface area contributed by atoms with Gasteiger partial charge in [0, 0.05) is 18.5 Å². The van der Waals surface area contributed by atoms with Gasteiger partial charge in [-0.25, -0.2) is 4.39 Å². The Balaban J connectivity index is 3.59. The van der Waals surface area contributed by atoms with Crippen LogP contribution in [0.25, 0.3) is 12.8 Å². The van der Waals surface area contributed by atoms with Gasteiger partial charge in [-0.15, -0.1) is 0 Å². The Labute approximate surface area is 90.1 Å². The number of aldehydes is 1. The highest BCUT2D eigenvalue weighted by Gasteiger charge is 2.34. The minimum atomic E-state index is -3.83. The third-order valence-electron chi connectivity index (χ3n) is 2.07. The Morgan fingerprint density at radius 2 is 2.06 bits per heavy atom. The molecule has 1 aromatic rings. The summed E-state index contributed by atoms with van der Waals surface area (Å²) in [5.41, 5.74) is -0.948. The maximum absolute atomic E-state index is 13.7. The van der Waals surface area contributed by atoms with Crippen LogP contribution in [0, 0.1) is 5.82 Å². The number of benzene rings is 1. The fourth-order valence-corrected chi connectivity index (χ4v) is 1.25. The number of hydrogen-bond acceptors (Lipinski definition) is 2. The molecule has 0 heterocycles. The van der Waals surface area contributed by atoms with Gasteiger partial charge in [0.05, 0.1) is 5.56 Å². The molecule has 0 aliphatic rings. The fraction of sp³-hybridized carbons (Fsp3) is 0.182. The van der Waals surface area contributed by atoms with Crippen molar-refractivity contribution in [1.29, 1.82) is 0 Å². The van der Waals surface area contributed by atoms with E-state index in [-0.39, 0.29) is 10.4 Å². The lowest BCUT2D eigenvalue weighted by molar-refractivity contribution is -0.130. The first-order valence-electron chi connectivity index (χ1n) is 4.43. The van der Waals surface area contributed by atoms with Gasteiger partial charge in [0.2, 0.25) is 0 Å². The maximum Gasteiger partial charge on any atom is 0.330 e. The first kappa shape index (κ1) is 12.3. The van der Waals surface area contributed by atoms with Crippen LogP contribution in [-0.4, -0.2) is 13.3 Å². The third kappa shape index (κ3) is 2.08. The lowest BCUT2D eigenvalue weighted by Gasteiger charge is -2.10. The highest BCUT2D eigenvalue weighted by atomic mass is 19.3. The molecule has 0 aliphatic carbocycles. The van der Waals surface area contributed by atoms with E-state index in [1.807, 2.05) is 0 Å². The Hall–Kier alpha value is -1.78. The minimum Gasteiger partial charge on any atom is -0.393 e. The molecular weight excluding hydrogens is 219 g/mol. The van der Waals surface area contributed by atoms with Gasteiger partial charge >= 0.3 is 5.92 Å². The number of nitrogens with one attached hydrogen (secondary N) is 1. The van der Waals surface area contributed by atoms with Crippen LogP contribution in [0.1, 0.15) is 5.56 Å². The lowest BCUT2D eigenvalue weighted by Crippen LogP contribution is -2.33. The zero-order chi connectivity index (χ0) is 12.3. The summed E-state index contributed by atoms with van der Waals surface area (Å²) in [6.07, 6.45) is 0.624. The zero-order valence-electron chi connectivity index (χ0n) is 8.56. The van der Waals surface area contributed by atoms with Crippen LogP contribution in [0.4, 0.5) is 13.2 Å². The fourth-order valence-electron chi connectivity index (χ4n) is 1.25. The van der Waals surface area contributed by atoms with Crippen LogP contribution < -0.4 is 15.8 Å². The highest BCUT2D eigenvalue weighted by Crippen LogP contribution is 2.25. The van der Waals surface area contributed by atoms with Gasteiger partial charge in [0.15, 0.2) is 6.29 Å². The first-order valence-corrected chi connectivity index (χ1v) is 4.43. The van der Waals surface area contributed by atoms with Crippen LogP contribution in [0.5, 0.6) is 0 Å². The van der Waals surface area contributed by atoms with Crippen LogP contribution in [0.2, 0.25) is 0 Å². The molecule has 0 atom stereocenters. The number of halogens is 3. The second-order valence-electron chi connectivity index (χ2n) is 3.17. The summed E-state index contributed by atoms with van der Waals surface area (Å²) in [7, 11) is 1.50. The standard InChI is InChI=1S/C11H10F3NO/c1-7-3-4-9(11(13,14)6-16)10(12)8(7)5-15-2/h3-6,15H,1H2,2H3/b8-5+. The van der Waals surface area contributed by atoms with Crippen molar-refractivity contribution in [3.05, 3.63) is 34.0 Å². The minimum absolute atomic E-state index is 0.0819. The Bertz CT molecular complexity index is 511. The van der Waals surface area contributed by atoms with Gasteiger partial charge in [-0.2, -0.15) is 8.78 Å². The molecule has 0 amide bonds. The van der Waals surface area contributed by atoms with Crippen LogP contribution in [0.3, 0.4) is 0 Å². The van der Waals surface area contributed by atoms with E-state index in [9.17, 15) is 18.0 Å². The Morgan fingerprint density at radius 1 is 1.44 bits per heavy atom. The highest BCUT2D eigenvalue weighted by molar-refractivity contribution is 5.63. The number of carbonyl (C=O) groups is 1. The van der Waals surface area contributed by atoms with E-state index in [0.717, 1.165) is 6.07 Å². The summed E-state index contributed by atoms with van der Waals surface area (Å²) < 4.78 is 39.7. The first-order chi connectivity index (χ1) is 7.44. The molecule has 1 N–H and O–H groups in total. The molecule has 0 aliphatic heterocycles. The summed E-state index contributed by atoms with van der Waals surface area (Å²) in [5, 5.41) is 2.70. The molecule has 2 nitrogen and oxygen atoms in total. The number of rotatable bonds is 3. The predicted molar refractivity (Wildman–Crippen MR) is 54.7 cm³/mol. The molecule has 0 radical (unpaired) electrons. The molecule has 16 heavy (non-hydrogen) atoms. The summed E-state index contributed by atoms with van der Waals surface area (Å²) in [6.45, 7) is 3.50. The van der Waals surface area contributed by atoms with Crippen molar-refractivity contribution in [1.82, 2.24) is 5.32 Å². The smallest absolute Gasteiger partial charge is 0.330 e. The summed E-state index contributed by atoms with van der Waals surface area (Å²) in [4.78, 5) is 10.2. The monoisotopic (exact) mass is 229 g/mol. The average molecular weight is 229 g/mol. The molecule has 0 saturated carbocycles. The predicted octanol–water partition coefficient (Wildman–Crippen LogP) is 0.484. The molecule has 0 bridgehead atoms. The summed E-state index contributed by atoms with van der Waals surface area (Å²) in [6, 6.07) is 2.10. The van der Waals surface area contributed by atoms with Crippen LogP contribution in [-0.2, 0) is 10.7 Å². The molecule has 0 spiro atoms. The van der Waals surface area contributed by atoms with Crippen molar-refractivity contribution in [3.63, 3.8) is 0 Å². The van der Waals surface area contributed by atoms with E-state index in [4.69, 9.17) is 0 Å². The van der Waals surface area contributed by atoms with Gasteiger partial charge < -0.3 is 5.32 Å². The van der Waals surface area contributed by atoms with Crippen molar-refractivity contribution >= 4 is 19.1 Å². The van der Waals surface area contributed by atoms with Gasteiger partial charge in [-0.05, 0) is 11.3 Å². The molecule has 0 aromatic heterocycles. The summed E-state index contributed by atoms with van der Waals surface area (Å²) in [5.74, 6) is -4.97. The number of alkyl halides is 2. The molecule has 0 unspecified atom stereocenters. The van der Waals surface area contributed by atoms with Crippen LogP contribution in [0.15, 0.2) is 12.1 Å². The molecule has 0 saturated heterocycles. The molecule has 1 aromatic carbocycles. The third-order valence-corrected chi connectivity index (χ3v) is 2.07. The largest absolute Gasteiger partial charge is 0.393 e. The van der Waals surface area contributed by atoms with Crippen molar-refractivity contribution in [2.24, 2.45) is 0 Å². The quantitative estimate of drug-likeness (QED) is 0.764. The van der Waals surface area contributed by atoms with Crippen molar-refractivity contribution in [2.75, 3.05) is 7.05 Å². The van der Waals surface area contributed by atoms with E-state index in [2.05, 4.69) is 11.9 Å². The van der Waals surface area contributed by atoms with E-state index < -0.39 is 23.6 Å². The average Bonchev–Trinajstić information content (AvgIpc) is 2.23. The molecule has 1 rings (SSSR count). The lowest BCUT2D eigenvalue weighted by atomic mass is 10.1. The van der Waals surface area contributed by atoms with Gasteiger partial charge in [-0.3, -0.25) is 4.79 Å². The van der Waals surface area contributed by atoms with Crippen LogP contribution >= 0.6 is 0 Å². The second kappa shape index (κ2) is 4.38. The second-order valence-corrected chi connectivity index (χ2v) is 3.17. The molecule has 0 fully saturated rings. The Kier molecular flexibility index (Phi) is 3.37. The Morgan fingerprint density at radius 3 is 2.56 bits per heavy atom. The van der Waals surface area contributed by atoms with Crippen molar-refractivity contribution in [2.45, 2.75) is 5.92 Å². The molecule has 5 heteroatoms. The normalized spacial score (nSPS) is 12.6. The maximum atomic E-state index is 13.7. The van der Waals surface area contributed by atoms with Gasteiger partial charge in [0.25, 0.3) is 0 Å². The van der Waals surface area contributed by atoms with E-state index in [1.54, 1.807) is 0 Å². The number of hydrogen-bond donors (Lipinski definition) is 1. The van der Waals surface area contributed by atoms with Crippen molar-refractivity contribution in [3.8, 4) is 0 Å².